The van der Waals surface area contributed by atoms with Crippen LogP contribution in [-0.2, 0) is 4.79 Å². The quantitative estimate of drug-likeness (QED) is 0.583. The van der Waals surface area contributed by atoms with Crippen molar-refractivity contribution < 1.29 is 28.6 Å². The van der Waals surface area contributed by atoms with Crippen LogP contribution in [0.25, 0.3) is 0 Å². The number of methoxy groups -OCH3 is 1. The molecule has 3 amide bonds. The van der Waals surface area contributed by atoms with Gasteiger partial charge >= 0.3 is 0 Å². The van der Waals surface area contributed by atoms with Gasteiger partial charge in [0.1, 0.15) is 11.8 Å². The molecule has 1 fully saturated rings. The van der Waals surface area contributed by atoms with Gasteiger partial charge in [0, 0.05) is 30.8 Å². The van der Waals surface area contributed by atoms with Crippen LogP contribution in [0.5, 0.6) is 17.2 Å². The summed E-state index contributed by atoms with van der Waals surface area (Å²) in [5.74, 6) is 1.43. The summed E-state index contributed by atoms with van der Waals surface area (Å²) in [6.07, 6.45) is 1.19. The smallest absolute Gasteiger partial charge is 0.253 e. The lowest BCUT2D eigenvalue weighted by Gasteiger charge is -2.36. The van der Waals surface area contributed by atoms with Crippen molar-refractivity contribution in [3.63, 3.8) is 0 Å². The summed E-state index contributed by atoms with van der Waals surface area (Å²) in [5, 5.41) is 5.90. The molecule has 0 radical (unpaired) electrons. The van der Waals surface area contributed by atoms with Crippen molar-refractivity contribution in [1.29, 1.82) is 0 Å². The number of rotatable bonds is 8. The number of piperidine rings is 1. The van der Waals surface area contributed by atoms with E-state index in [1.165, 1.54) is 0 Å². The summed E-state index contributed by atoms with van der Waals surface area (Å²) in [4.78, 5) is 40.9. The Morgan fingerprint density at radius 3 is 2.33 bits per heavy atom. The maximum Gasteiger partial charge on any atom is 0.253 e. The molecule has 192 valence electrons. The van der Waals surface area contributed by atoms with Gasteiger partial charge in [-0.3, -0.25) is 14.4 Å². The van der Waals surface area contributed by atoms with E-state index in [1.54, 1.807) is 54.5 Å². The number of carbonyl (C=O) groups excluding carboxylic acids is 3. The molecule has 0 bridgehead atoms. The van der Waals surface area contributed by atoms with Crippen LogP contribution in [0.15, 0.2) is 42.5 Å². The van der Waals surface area contributed by atoms with Crippen molar-refractivity contribution in [3.05, 3.63) is 53.6 Å². The second-order valence-corrected chi connectivity index (χ2v) is 9.52. The summed E-state index contributed by atoms with van der Waals surface area (Å²) in [5.41, 5.74) is 0.990. The van der Waals surface area contributed by atoms with E-state index >= 15 is 0 Å². The van der Waals surface area contributed by atoms with Gasteiger partial charge in [-0.15, -0.1) is 0 Å². The van der Waals surface area contributed by atoms with Crippen molar-refractivity contribution in [2.75, 3.05) is 33.5 Å². The summed E-state index contributed by atoms with van der Waals surface area (Å²) in [7, 11) is 1.56. The number of benzene rings is 2. The van der Waals surface area contributed by atoms with Gasteiger partial charge in [-0.25, -0.2) is 0 Å². The average molecular weight is 496 g/mol. The summed E-state index contributed by atoms with van der Waals surface area (Å²) in [6, 6.07) is 11.3. The molecule has 0 aromatic heterocycles. The number of likely N-dealkylation sites (tertiary alicyclic amines) is 1. The summed E-state index contributed by atoms with van der Waals surface area (Å²) in [6.45, 7) is 5.70. The first kappa shape index (κ1) is 25.3. The second kappa shape index (κ2) is 11.3. The molecule has 1 atom stereocenters. The highest BCUT2D eigenvalue weighted by Gasteiger charge is 2.34. The Labute approximate surface area is 211 Å². The molecule has 0 saturated carbocycles. The maximum atomic E-state index is 13.1. The molecule has 9 nitrogen and oxygen atoms in total. The first-order chi connectivity index (χ1) is 17.4. The lowest BCUT2D eigenvalue weighted by Crippen LogP contribution is -2.54. The Morgan fingerprint density at radius 2 is 1.67 bits per heavy atom. The Hall–Kier alpha value is -3.75. The van der Waals surface area contributed by atoms with E-state index in [2.05, 4.69) is 10.6 Å². The van der Waals surface area contributed by atoms with E-state index < -0.39 is 6.04 Å². The van der Waals surface area contributed by atoms with Gasteiger partial charge in [-0.1, -0.05) is 13.8 Å². The van der Waals surface area contributed by atoms with Gasteiger partial charge in [0.05, 0.1) is 7.11 Å². The van der Waals surface area contributed by atoms with Crippen LogP contribution in [0.2, 0.25) is 0 Å². The number of nitrogens with zero attached hydrogens (tertiary/aromatic N) is 1. The average Bonchev–Trinajstić information content (AvgIpc) is 3.38. The Bertz CT molecular complexity index is 1090. The van der Waals surface area contributed by atoms with Gasteiger partial charge in [0.25, 0.3) is 11.8 Å². The van der Waals surface area contributed by atoms with E-state index in [-0.39, 0.29) is 36.4 Å². The maximum absolute atomic E-state index is 13.1. The molecule has 36 heavy (non-hydrogen) atoms. The summed E-state index contributed by atoms with van der Waals surface area (Å²) < 4.78 is 15.9. The van der Waals surface area contributed by atoms with Crippen LogP contribution in [0.4, 0.5) is 0 Å². The topological polar surface area (TPSA) is 106 Å². The third kappa shape index (κ3) is 5.90. The Kier molecular flexibility index (Phi) is 7.97. The van der Waals surface area contributed by atoms with E-state index in [9.17, 15) is 14.4 Å². The van der Waals surface area contributed by atoms with E-state index in [0.29, 0.717) is 60.9 Å². The second-order valence-electron chi connectivity index (χ2n) is 9.52. The fourth-order valence-electron chi connectivity index (χ4n) is 4.43. The first-order valence-electron chi connectivity index (χ1n) is 12.3. The van der Waals surface area contributed by atoms with Gasteiger partial charge in [-0.05, 0) is 67.1 Å². The number of hydrogen-bond acceptors (Lipinski definition) is 6. The molecule has 2 aliphatic heterocycles. The van der Waals surface area contributed by atoms with Gasteiger partial charge in [0.15, 0.2) is 11.5 Å². The van der Waals surface area contributed by atoms with Crippen molar-refractivity contribution >= 4 is 17.7 Å². The van der Waals surface area contributed by atoms with Crippen molar-refractivity contribution in [1.82, 2.24) is 15.5 Å². The zero-order chi connectivity index (χ0) is 25.7. The highest BCUT2D eigenvalue weighted by Crippen LogP contribution is 2.33. The number of carbonyl (C=O) groups is 3. The molecule has 2 heterocycles. The van der Waals surface area contributed by atoms with Crippen LogP contribution >= 0.6 is 0 Å². The molecule has 0 spiro atoms. The third-order valence-corrected chi connectivity index (χ3v) is 6.52. The molecular weight excluding hydrogens is 462 g/mol. The Morgan fingerprint density at radius 1 is 1.00 bits per heavy atom. The molecular formula is C27H33N3O6. The third-order valence-electron chi connectivity index (χ3n) is 6.52. The molecule has 1 unspecified atom stereocenters. The number of amides is 3. The lowest BCUT2D eigenvalue weighted by atomic mass is 9.88. The first-order valence-corrected chi connectivity index (χ1v) is 12.3. The molecule has 9 heteroatoms. The van der Waals surface area contributed by atoms with Crippen LogP contribution in [-0.4, -0.2) is 62.2 Å². The van der Waals surface area contributed by atoms with Gasteiger partial charge in [0.2, 0.25) is 12.7 Å². The van der Waals surface area contributed by atoms with Crippen LogP contribution < -0.4 is 24.8 Å². The molecule has 2 aromatic rings. The van der Waals surface area contributed by atoms with Gasteiger partial charge < -0.3 is 29.7 Å². The largest absolute Gasteiger partial charge is 0.497 e. The molecule has 0 aliphatic carbocycles. The fourth-order valence-corrected chi connectivity index (χ4v) is 4.43. The standard InChI is InChI=1S/C27H33N3O6/c1-17(2)15-28-26(32)24(29-25(31)19-4-7-21(34-3)8-5-19)18-10-12-30(13-11-18)27(33)20-6-9-22-23(14-20)36-16-35-22/h4-9,14,17-18,24H,10-13,15-16H2,1-3H3,(H,28,32)(H,29,31). The Balaban J connectivity index is 1.42. The minimum absolute atomic E-state index is 0.0881. The van der Waals surface area contributed by atoms with Gasteiger partial charge in [-0.2, -0.15) is 0 Å². The molecule has 4 rings (SSSR count). The highest BCUT2D eigenvalue weighted by atomic mass is 16.7. The molecule has 2 aliphatic rings. The number of nitrogens with one attached hydrogen (secondary N) is 2. The fraction of sp³-hybridized carbons (Fsp3) is 0.444. The predicted molar refractivity (Wildman–Crippen MR) is 133 cm³/mol. The van der Waals surface area contributed by atoms with Crippen molar-refractivity contribution in [3.8, 4) is 17.2 Å². The van der Waals surface area contributed by atoms with Crippen molar-refractivity contribution in [2.24, 2.45) is 11.8 Å². The normalized spacial score (nSPS) is 15.9. The number of hydrogen-bond donors (Lipinski definition) is 2. The minimum Gasteiger partial charge on any atom is -0.497 e. The zero-order valence-corrected chi connectivity index (χ0v) is 20.9. The van der Waals surface area contributed by atoms with E-state index in [1.807, 2.05) is 13.8 Å². The minimum atomic E-state index is -0.693. The van der Waals surface area contributed by atoms with E-state index in [4.69, 9.17) is 14.2 Å². The van der Waals surface area contributed by atoms with Crippen molar-refractivity contribution in [2.45, 2.75) is 32.7 Å². The van der Waals surface area contributed by atoms with E-state index in [0.717, 1.165) is 0 Å². The van der Waals surface area contributed by atoms with Crippen LogP contribution in [0.3, 0.4) is 0 Å². The zero-order valence-electron chi connectivity index (χ0n) is 20.9. The number of fused-ring (bicyclic) bond motifs is 1. The van der Waals surface area contributed by atoms with Crippen LogP contribution in [0.1, 0.15) is 47.4 Å². The molecule has 2 aromatic carbocycles. The van der Waals surface area contributed by atoms with Crippen LogP contribution in [0, 0.1) is 11.8 Å². The highest BCUT2D eigenvalue weighted by molar-refractivity contribution is 5.98. The summed E-state index contributed by atoms with van der Waals surface area (Å²) >= 11 is 0. The SMILES string of the molecule is COc1ccc(C(=O)NC(C(=O)NCC(C)C)C2CCN(C(=O)c3ccc4c(c3)OCO4)CC2)cc1. The lowest BCUT2D eigenvalue weighted by molar-refractivity contribution is -0.124. The molecule has 2 N–H and O–H groups in total. The molecule has 1 saturated heterocycles. The predicted octanol–water partition coefficient (Wildman–Crippen LogP) is 2.85. The monoisotopic (exact) mass is 495 g/mol. The number of ether oxygens (including phenoxy) is 3.